The van der Waals surface area contributed by atoms with Crippen LogP contribution >= 0.6 is 12.4 Å². The molecule has 1 amide bonds. The second kappa shape index (κ2) is 10.8. The summed E-state index contributed by atoms with van der Waals surface area (Å²) >= 11 is 0. The number of rotatable bonds is 9. The van der Waals surface area contributed by atoms with E-state index in [9.17, 15) is 4.79 Å². The van der Waals surface area contributed by atoms with Crippen LogP contribution in [0.1, 0.15) is 51.8 Å². The molecule has 1 aromatic heterocycles. The summed E-state index contributed by atoms with van der Waals surface area (Å²) in [6.45, 7) is 4.66. The summed E-state index contributed by atoms with van der Waals surface area (Å²) in [7, 11) is 0. The molecule has 0 aliphatic rings. The monoisotopic (exact) mass is 365 g/mol. The van der Waals surface area contributed by atoms with Crippen molar-refractivity contribution in [3.63, 3.8) is 0 Å². The fraction of sp³-hybridized carbons (Fsp3) is 0.500. The minimum atomic E-state index is 0. The summed E-state index contributed by atoms with van der Waals surface area (Å²) < 4.78 is 0. The van der Waals surface area contributed by atoms with Gasteiger partial charge < -0.3 is 11.1 Å². The number of hydrogen-bond acceptors (Lipinski definition) is 4. The first-order chi connectivity index (χ1) is 11.7. The number of amides is 1. The second-order valence-electron chi connectivity index (χ2n) is 6.06. The molecule has 25 heavy (non-hydrogen) atoms. The average molecular weight is 366 g/mol. The van der Waals surface area contributed by atoms with E-state index in [1.165, 1.54) is 12.8 Å². The van der Waals surface area contributed by atoms with Gasteiger partial charge in [-0.3, -0.25) is 9.89 Å². The van der Waals surface area contributed by atoms with Gasteiger partial charge in [0.15, 0.2) is 5.82 Å². The Hall–Kier alpha value is -1.92. The van der Waals surface area contributed by atoms with Crippen LogP contribution < -0.4 is 11.1 Å². The van der Waals surface area contributed by atoms with Gasteiger partial charge >= 0.3 is 0 Å². The maximum absolute atomic E-state index is 12.2. The molecule has 7 heteroatoms. The van der Waals surface area contributed by atoms with Crippen LogP contribution in [0.25, 0.3) is 11.4 Å². The van der Waals surface area contributed by atoms with E-state index in [4.69, 9.17) is 5.73 Å². The quantitative estimate of drug-likeness (QED) is 0.627. The van der Waals surface area contributed by atoms with Crippen LogP contribution in [-0.2, 0) is 11.3 Å². The van der Waals surface area contributed by atoms with Gasteiger partial charge in [0.05, 0.1) is 6.54 Å². The summed E-state index contributed by atoms with van der Waals surface area (Å²) in [6.07, 6.45) is 5.10. The van der Waals surface area contributed by atoms with E-state index in [2.05, 4.69) is 34.3 Å². The van der Waals surface area contributed by atoms with Crippen LogP contribution in [0.3, 0.4) is 0 Å². The Kier molecular flexibility index (Phi) is 9.16. The van der Waals surface area contributed by atoms with Gasteiger partial charge in [0.2, 0.25) is 5.91 Å². The van der Waals surface area contributed by atoms with Crippen LogP contribution in [0.4, 0.5) is 5.69 Å². The zero-order valence-electron chi connectivity index (χ0n) is 14.9. The molecule has 4 N–H and O–H groups in total. The molecule has 0 saturated carbocycles. The normalized spacial score (nSPS) is 11.6. The Bertz CT molecular complexity index is 641. The molecule has 0 aliphatic heterocycles. The number of anilines is 1. The average Bonchev–Trinajstić information content (AvgIpc) is 3.08. The van der Waals surface area contributed by atoms with E-state index in [0.29, 0.717) is 30.5 Å². The van der Waals surface area contributed by atoms with Crippen molar-refractivity contribution in [2.24, 2.45) is 11.7 Å². The number of carbonyl (C=O) groups excluding carboxylic acids is 1. The molecule has 0 aliphatic carbocycles. The molecule has 6 nitrogen and oxygen atoms in total. The van der Waals surface area contributed by atoms with Gasteiger partial charge in [-0.25, -0.2) is 4.98 Å². The molecule has 0 radical (unpaired) electrons. The number of nitrogens with zero attached hydrogens (tertiary/aromatic N) is 2. The van der Waals surface area contributed by atoms with Crippen LogP contribution in [0.15, 0.2) is 24.3 Å². The number of aromatic amines is 1. The predicted octanol–water partition coefficient (Wildman–Crippen LogP) is 3.90. The molecule has 0 fully saturated rings. The molecular weight excluding hydrogens is 338 g/mol. The van der Waals surface area contributed by atoms with E-state index >= 15 is 0 Å². The molecule has 0 saturated heterocycles. The molecule has 1 unspecified atom stereocenters. The fourth-order valence-corrected chi connectivity index (χ4v) is 2.64. The first-order valence-electron chi connectivity index (χ1n) is 8.67. The summed E-state index contributed by atoms with van der Waals surface area (Å²) in [4.78, 5) is 16.5. The molecule has 1 heterocycles. The third-order valence-electron chi connectivity index (χ3n) is 4.17. The Morgan fingerprint density at radius 1 is 1.28 bits per heavy atom. The SMILES string of the molecule is CCCCC(CC)CC(=O)Nc1ccc(-c2n[nH]c(CN)n2)cc1.Cl. The first-order valence-corrected chi connectivity index (χ1v) is 8.67. The Labute approximate surface area is 155 Å². The molecule has 1 atom stereocenters. The molecule has 0 spiro atoms. The van der Waals surface area contributed by atoms with Crippen LogP contribution in [0, 0.1) is 5.92 Å². The highest BCUT2D eigenvalue weighted by Crippen LogP contribution is 2.20. The highest BCUT2D eigenvalue weighted by molar-refractivity contribution is 5.91. The minimum absolute atomic E-state index is 0. The lowest BCUT2D eigenvalue weighted by Crippen LogP contribution is -2.16. The van der Waals surface area contributed by atoms with Crippen molar-refractivity contribution in [3.8, 4) is 11.4 Å². The predicted molar refractivity (Wildman–Crippen MR) is 104 cm³/mol. The number of carbonyl (C=O) groups is 1. The number of halogens is 1. The smallest absolute Gasteiger partial charge is 0.224 e. The Morgan fingerprint density at radius 3 is 2.56 bits per heavy atom. The van der Waals surface area contributed by atoms with Crippen LogP contribution in [0.5, 0.6) is 0 Å². The number of aromatic nitrogens is 3. The van der Waals surface area contributed by atoms with E-state index in [-0.39, 0.29) is 18.3 Å². The minimum Gasteiger partial charge on any atom is -0.326 e. The van der Waals surface area contributed by atoms with Crippen LogP contribution in [-0.4, -0.2) is 21.1 Å². The van der Waals surface area contributed by atoms with Gasteiger partial charge in [0.1, 0.15) is 5.82 Å². The summed E-state index contributed by atoms with van der Waals surface area (Å²) in [5, 5.41) is 9.88. The number of H-pyrrole nitrogens is 1. The highest BCUT2D eigenvalue weighted by atomic mass is 35.5. The van der Waals surface area contributed by atoms with Crippen molar-refractivity contribution >= 4 is 24.0 Å². The second-order valence-corrected chi connectivity index (χ2v) is 6.06. The number of unbranched alkanes of at least 4 members (excludes halogenated alkanes) is 1. The number of benzene rings is 1. The van der Waals surface area contributed by atoms with Crippen molar-refractivity contribution in [2.75, 3.05) is 5.32 Å². The number of nitrogens with one attached hydrogen (secondary N) is 2. The van der Waals surface area contributed by atoms with Crippen molar-refractivity contribution in [3.05, 3.63) is 30.1 Å². The van der Waals surface area contributed by atoms with Gasteiger partial charge in [0.25, 0.3) is 0 Å². The first kappa shape index (κ1) is 21.1. The Balaban J connectivity index is 0.00000312. The van der Waals surface area contributed by atoms with E-state index in [1.54, 1.807) is 0 Å². The maximum atomic E-state index is 12.2. The maximum Gasteiger partial charge on any atom is 0.224 e. The summed E-state index contributed by atoms with van der Waals surface area (Å²) in [5.41, 5.74) is 7.20. The zero-order chi connectivity index (χ0) is 17.4. The van der Waals surface area contributed by atoms with Gasteiger partial charge in [-0.15, -0.1) is 12.4 Å². The zero-order valence-corrected chi connectivity index (χ0v) is 15.7. The van der Waals surface area contributed by atoms with Crippen LogP contribution in [0.2, 0.25) is 0 Å². The largest absolute Gasteiger partial charge is 0.326 e. The van der Waals surface area contributed by atoms with Gasteiger partial charge in [-0.2, -0.15) is 5.10 Å². The van der Waals surface area contributed by atoms with E-state index in [1.807, 2.05) is 24.3 Å². The molecule has 1 aromatic carbocycles. The Morgan fingerprint density at radius 2 is 2.00 bits per heavy atom. The summed E-state index contributed by atoms with van der Waals surface area (Å²) in [5.74, 6) is 1.81. The highest BCUT2D eigenvalue weighted by Gasteiger charge is 2.12. The van der Waals surface area contributed by atoms with Gasteiger partial charge in [-0.1, -0.05) is 33.1 Å². The molecule has 138 valence electrons. The molecule has 2 aromatic rings. The third-order valence-corrected chi connectivity index (χ3v) is 4.17. The van der Waals surface area contributed by atoms with Gasteiger partial charge in [0, 0.05) is 17.7 Å². The number of nitrogens with two attached hydrogens (primary N) is 1. The molecule has 2 rings (SSSR count). The third kappa shape index (κ3) is 6.48. The van der Waals surface area contributed by atoms with E-state index < -0.39 is 0 Å². The van der Waals surface area contributed by atoms with Gasteiger partial charge in [-0.05, 0) is 36.6 Å². The molecular formula is C18H28ClN5O. The number of hydrogen-bond donors (Lipinski definition) is 3. The standard InChI is InChI=1S/C18H27N5O.ClH/c1-3-5-6-13(4-2)11-17(24)20-15-9-7-14(8-10-15)18-21-16(12-19)22-23-18;/h7-10,13H,3-6,11-12,19H2,1-2H3,(H,20,24)(H,21,22,23);1H. The van der Waals surface area contributed by atoms with Crippen molar-refractivity contribution in [1.82, 2.24) is 15.2 Å². The lowest BCUT2D eigenvalue weighted by Gasteiger charge is -2.14. The van der Waals surface area contributed by atoms with E-state index in [0.717, 1.165) is 24.1 Å². The lowest BCUT2D eigenvalue weighted by molar-refractivity contribution is -0.117. The van der Waals surface area contributed by atoms with Crippen molar-refractivity contribution < 1.29 is 4.79 Å². The summed E-state index contributed by atoms with van der Waals surface area (Å²) in [6, 6.07) is 7.54. The molecule has 0 bridgehead atoms. The topological polar surface area (TPSA) is 96.7 Å². The fourth-order valence-electron chi connectivity index (χ4n) is 2.64. The van der Waals surface area contributed by atoms with Crippen molar-refractivity contribution in [2.45, 2.75) is 52.5 Å². The van der Waals surface area contributed by atoms with Crippen molar-refractivity contribution in [1.29, 1.82) is 0 Å². The lowest BCUT2D eigenvalue weighted by atomic mass is 9.95.